The lowest BCUT2D eigenvalue weighted by Gasteiger charge is -2.36. The van der Waals surface area contributed by atoms with Crippen molar-refractivity contribution >= 4 is 11.9 Å². The quantitative estimate of drug-likeness (QED) is 0.793. The van der Waals surface area contributed by atoms with Gasteiger partial charge >= 0.3 is 5.97 Å². The van der Waals surface area contributed by atoms with E-state index in [9.17, 15) is 9.59 Å². The van der Waals surface area contributed by atoms with Gasteiger partial charge in [0.1, 0.15) is 6.04 Å². The van der Waals surface area contributed by atoms with Gasteiger partial charge in [0, 0.05) is 5.92 Å². The van der Waals surface area contributed by atoms with Crippen molar-refractivity contribution in [3.05, 3.63) is 0 Å². The predicted molar refractivity (Wildman–Crippen MR) is 83.7 cm³/mol. The van der Waals surface area contributed by atoms with Gasteiger partial charge in [-0.05, 0) is 51.4 Å². The number of hydrogen-bond donors (Lipinski definition) is 1. The fourth-order valence-electron chi connectivity index (χ4n) is 3.22. The lowest BCUT2D eigenvalue weighted by atomic mass is 9.69. The highest BCUT2D eigenvalue weighted by Gasteiger charge is 2.36. The van der Waals surface area contributed by atoms with Crippen LogP contribution in [0.25, 0.3) is 0 Å². The monoisotopic (exact) mass is 297 g/mol. The van der Waals surface area contributed by atoms with Crippen molar-refractivity contribution in [3.8, 4) is 0 Å². The third-order valence-corrected chi connectivity index (χ3v) is 4.42. The van der Waals surface area contributed by atoms with Crippen molar-refractivity contribution < 1.29 is 14.3 Å². The maximum Gasteiger partial charge on any atom is 0.328 e. The molecule has 0 aliphatic heterocycles. The van der Waals surface area contributed by atoms with Gasteiger partial charge in [0.05, 0.1) is 6.10 Å². The van der Waals surface area contributed by atoms with E-state index in [0.29, 0.717) is 17.8 Å². The molecule has 1 amide bonds. The maximum absolute atomic E-state index is 12.5. The van der Waals surface area contributed by atoms with Crippen LogP contribution in [-0.4, -0.2) is 24.0 Å². The molecule has 1 rings (SSSR count). The van der Waals surface area contributed by atoms with E-state index in [4.69, 9.17) is 4.74 Å². The molecule has 21 heavy (non-hydrogen) atoms. The Balaban J connectivity index is 2.64. The molecule has 1 saturated carbocycles. The van der Waals surface area contributed by atoms with Crippen molar-refractivity contribution in [3.63, 3.8) is 0 Å². The molecule has 0 heterocycles. The Morgan fingerprint density at radius 1 is 1.10 bits per heavy atom. The number of amides is 1. The molecular weight excluding hydrogens is 266 g/mol. The molecule has 4 heteroatoms. The number of ether oxygens (including phenoxy) is 1. The normalized spacial score (nSPS) is 27.5. The van der Waals surface area contributed by atoms with Gasteiger partial charge in [0.15, 0.2) is 0 Å². The molecule has 1 N–H and O–H groups in total. The summed E-state index contributed by atoms with van der Waals surface area (Å²) in [4.78, 5) is 24.4. The summed E-state index contributed by atoms with van der Waals surface area (Å²) in [6, 6.07) is -0.579. The summed E-state index contributed by atoms with van der Waals surface area (Å²) >= 11 is 0. The molecule has 0 radical (unpaired) electrons. The SMILES string of the molecule is CC(C)OC(=O)[C@@H](C)NC(=O)C1C[C@H](C)CC[C@H]1C(C)C. The van der Waals surface area contributed by atoms with Crippen molar-refractivity contribution in [2.45, 2.75) is 73.0 Å². The summed E-state index contributed by atoms with van der Waals surface area (Å²) in [5, 5.41) is 2.85. The maximum atomic E-state index is 12.5. The Bertz CT molecular complexity index is 365. The Kier molecular flexibility index (Phi) is 6.69. The van der Waals surface area contributed by atoms with Crippen LogP contribution in [-0.2, 0) is 14.3 Å². The first-order valence-corrected chi connectivity index (χ1v) is 8.23. The first-order chi connectivity index (χ1) is 9.72. The Morgan fingerprint density at radius 2 is 1.71 bits per heavy atom. The second kappa shape index (κ2) is 7.81. The van der Waals surface area contributed by atoms with Crippen molar-refractivity contribution in [1.82, 2.24) is 5.32 Å². The van der Waals surface area contributed by atoms with Gasteiger partial charge in [-0.3, -0.25) is 4.79 Å². The van der Waals surface area contributed by atoms with Gasteiger partial charge in [-0.2, -0.15) is 0 Å². The molecule has 0 aromatic carbocycles. The van der Waals surface area contributed by atoms with Crippen LogP contribution in [0.4, 0.5) is 0 Å². The Hall–Kier alpha value is -1.06. The highest BCUT2D eigenvalue weighted by Crippen LogP contribution is 2.38. The van der Waals surface area contributed by atoms with E-state index in [1.165, 1.54) is 6.42 Å². The minimum Gasteiger partial charge on any atom is -0.461 e. The van der Waals surface area contributed by atoms with E-state index >= 15 is 0 Å². The zero-order valence-electron chi connectivity index (χ0n) is 14.3. The molecule has 1 aliphatic rings. The molecule has 1 fully saturated rings. The van der Waals surface area contributed by atoms with Crippen LogP contribution in [0.1, 0.15) is 60.8 Å². The summed E-state index contributed by atoms with van der Waals surface area (Å²) in [5.74, 6) is 1.15. The molecule has 0 aromatic rings. The standard InChI is InChI=1S/C17H31NO3/c1-10(2)14-8-7-12(5)9-15(14)16(19)18-13(6)17(20)21-11(3)4/h10-15H,7-9H2,1-6H3,(H,18,19)/t12-,13-,14+,15?/m1/s1. The van der Waals surface area contributed by atoms with Gasteiger partial charge < -0.3 is 10.1 Å². The number of esters is 1. The summed E-state index contributed by atoms with van der Waals surface area (Å²) in [7, 11) is 0. The Labute approximate surface area is 129 Å². The minimum atomic E-state index is -0.579. The molecule has 122 valence electrons. The number of carbonyl (C=O) groups is 2. The summed E-state index contributed by atoms with van der Waals surface area (Å²) < 4.78 is 5.14. The first kappa shape index (κ1) is 18.0. The van der Waals surface area contributed by atoms with Gasteiger partial charge in [-0.15, -0.1) is 0 Å². The molecule has 4 nitrogen and oxygen atoms in total. The molecule has 0 spiro atoms. The van der Waals surface area contributed by atoms with E-state index in [-0.39, 0.29) is 23.9 Å². The largest absolute Gasteiger partial charge is 0.461 e. The van der Waals surface area contributed by atoms with Gasteiger partial charge in [0.2, 0.25) is 5.91 Å². The van der Waals surface area contributed by atoms with Crippen molar-refractivity contribution in [2.24, 2.45) is 23.7 Å². The Morgan fingerprint density at radius 3 is 2.24 bits per heavy atom. The highest BCUT2D eigenvalue weighted by molar-refractivity contribution is 5.85. The predicted octanol–water partition coefficient (Wildman–Crippen LogP) is 3.15. The lowest BCUT2D eigenvalue weighted by Crippen LogP contribution is -2.46. The number of rotatable bonds is 5. The first-order valence-electron chi connectivity index (χ1n) is 8.23. The lowest BCUT2D eigenvalue weighted by molar-refractivity contribution is -0.151. The van der Waals surface area contributed by atoms with E-state index < -0.39 is 6.04 Å². The second-order valence-corrected chi connectivity index (χ2v) is 7.15. The molecule has 4 atom stereocenters. The van der Waals surface area contributed by atoms with Gasteiger partial charge in [0.25, 0.3) is 0 Å². The van der Waals surface area contributed by atoms with E-state index in [1.807, 2.05) is 13.8 Å². The third kappa shape index (κ3) is 5.33. The molecule has 1 aliphatic carbocycles. The average molecular weight is 297 g/mol. The van der Waals surface area contributed by atoms with Crippen LogP contribution in [0, 0.1) is 23.7 Å². The van der Waals surface area contributed by atoms with Crippen LogP contribution in [0.3, 0.4) is 0 Å². The topological polar surface area (TPSA) is 55.4 Å². The highest BCUT2D eigenvalue weighted by atomic mass is 16.5. The van der Waals surface area contributed by atoms with E-state index in [2.05, 4.69) is 26.1 Å². The van der Waals surface area contributed by atoms with E-state index in [0.717, 1.165) is 12.8 Å². The van der Waals surface area contributed by atoms with Crippen LogP contribution in [0.2, 0.25) is 0 Å². The zero-order valence-corrected chi connectivity index (χ0v) is 14.3. The average Bonchev–Trinajstić information content (AvgIpc) is 2.37. The molecule has 0 bridgehead atoms. The summed E-state index contributed by atoms with van der Waals surface area (Å²) in [5.41, 5.74) is 0. The van der Waals surface area contributed by atoms with Crippen molar-refractivity contribution in [1.29, 1.82) is 0 Å². The van der Waals surface area contributed by atoms with Crippen LogP contribution in [0.5, 0.6) is 0 Å². The van der Waals surface area contributed by atoms with Crippen LogP contribution in [0.15, 0.2) is 0 Å². The van der Waals surface area contributed by atoms with Crippen LogP contribution >= 0.6 is 0 Å². The molecule has 0 saturated heterocycles. The van der Waals surface area contributed by atoms with E-state index in [1.54, 1.807) is 6.92 Å². The number of hydrogen-bond acceptors (Lipinski definition) is 3. The smallest absolute Gasteiger partial charge is 0.328 e. The molecular formula is C17H31NO3. The molecule has 1 unspecified atom stereocenters. The van der Waals surface area contributed by atoms with Crippen molar-refractivity contribution in [2.75, 3.05) is 0 Å². The van der Waals surface area contributed by atoms with Gasteiger partial charge in [-0.1, -0.05) is 27.2 Å². The fourth-order valence-corrected chi connectivity index (χ4v) is 3.22. The second-order valence-electron chi connectivity index (χ2n) is 7.15. The summed E-state index contributed by atoms with van der Waals surface area (Å²) in [6.07, 6.45) is 3.05. The third-order valence-electron chi connectivity index (χ3n) is 4.42. The molecule has 0 aromatic heterocycles. The zero-order chi connectivity index (χ0) is 16.2. The fraction of sp³-hybridized carbons (Fsp3) is 0.882. The summed E-state index contributed by atoms with van der Waals surface area (Å²) in [6.45, 7) is 11.9. The number of nitrogens with one attached hydrogen (secondary N) is 1. The van der Waals surface area contributed by atoms with Crippen LogP contribution < -0.4 is 5.32 Å². The van der Waals surface area contributed by atoms with Gasteiger partial charge in [-0.25, -0.2) is 4.79 Å². The minimum absolute atomic E-state index is 0.00783. The number of carbonyl (C=O) groups excluding carboxylic acids is 2.